The molecule has 0 spiro atoms. The molecule has 21 nitrogen and oxygen atoms in total. The lowest BCUT2D eigenvalue weighted by molar-refractivity contribution is -0.402. The summed E-state index contributed by atoms with van der Waals surface area (Å²) in [4.78, 5) is 41.1. The number of aliphatic hydroxyl groups excluding tert-OH is 4. The van der Waals surface area contributed by atoms with Crippen LogP contribution in [0.25, 0.3) is 0 Å². The highest BCUT2D eigenvalue weighted by Crippen LogP contribution is 2.54. The summed E-state index contributed by atoms with van der Waals surface area (Å²) in [5.74, 6) is -1.01. The van der Waals surface area contributed by atoms with Gasteiger partial charge in [0.15, 0.2) is 6.29 Å². The Hall–Kier alpha value is -2.04. The molecule has 3 rings (SSSR count). The molecule has 8 atom stereocenters. The van der Waals surface area contributed by atoms with Gasteiger partial charge in [0, 0.05) is 37.3 Å². The smallest absolute Gasteiger partial charge is 0.406 e. The van der Waals surface area contributed by atoms with Crippen molar-refractivity contribution in [2.75, 3.05) is 31.9 Å². The fraction of sp³-hybridized carbons (Fsp3) is 0.704. The van der Waals surface area contributed by atoms with Gasteiger partial charge in [-0.1, -0.05) is 0 Å². The highest BCUT2D eigenvalue weighted by molar-refractivity contribution is 7.51. The Morgan fingerprint density at radius 3 is 1.98 bits per heavy atom. The van der Waals surface area contributed by atoms with Crippen molar-refractivity contribution in [1.82, 2.24) is 9.34 Å². The third-order valence-electron chi connectivity index (χ3n) is 8.01. The van der Waals surface area contributed by atoms with E-state index in [-0.39, 0.29) is 49.2 Å². The molecule has 6 N–H and O–H groups in total. The van der Waals surface area contributed by atoms with Crippen molar-refractivity contribution < 1.29 is 71.8 Å². The Bertz CT molecular complexity index is 1540. The quantitative estimate of drug-likeness (QED) is 0.0308. The maximum Gasteiger partial charge on any atom is 0.433 e. The summed E-state index contributed by atoms with van der Waals surface area (Å²) in [6, 6.07) is 3.16. The molecular formula is C27H42Cl2N4O17P2. The van der Waals surface area contributed by atoms with Crippen LogP contribution in [0, 0.1) is 20.2 Å². The summed E-state index contributed by atoms with van der Waals surface area (Å²) >= 11 is 11.5. The number of nitrogens with zero attached hydrogens (tertiary/aromatic N) is 4. The van der Waals surface area contributed by atoms with Crippen LogP contribution in [0.2, 0.25) is 0 Å². The van der Waals surface area contributed by atoms with E-state index >= 15 is 0 Å². The fourth-order valence-electron chi connectivity index (χ4n) is 5.29. The van der Waals surface area contributed by atoms with Crippen LogP contribution in [0.5, 0.6) is 0 Å². The van der Waals surface area contributed by atoms with Crippen molar-refractivity contribution in [3.05, 3.63) is 56.0 Å². The van der Waals surface area contributed by atoms with Crippen LogP contribution < -0.4 is 0 Å². The molecule has 1 aliphatic heterocycles. The zero-order chi connectivity index (χ0) is 38.8. The number of unbranched alkanes of at least 4 members (excludes halogenated alkanes) is 2. The third kappa shape index (κ3) is 12.2. The van der Waals surface area contributed by atoms with Crippen molar-refractivity contribution in [2.45, 2.75) is 88.0 Å². The zero-order valence-electron chi connectivity index (χ0n) is 27.7. The number of ether oxygens (including phenoxy) is 1. The number of alkyl halides is 2. The Morgan fingerprint density at radius 1 is 0.885 bits per heavy atom. The van der Waals surface area contributed by atoms with Gasteiger partial charge in [-0.05, 0) is 51.3 Å². The number of halogens is 2. The third-order valence-corrected chi connectivity index (χ3v) is 11.7. The maximum absolute atomic E-state index is 14.2. The number of aliphatic hydroxyl groups is 4. The van der Waals surface area contributed by atoms with Gasteiger partial charge in [0.05, 0.1) is 18.2 Å². The first-order valence-electron chi connectivity index (χ1n) is 15.8. The second kappa shape index (κ2) is 20.0. The van der Waals surface area contributed by atoms with E-state index in [2.05, 4.69) is 0 Å². The minimum Gasteiger partial charge on any atom is -0.406 e. The van der Waals surface area contributed by atoms with E-state index in [0.717, 1.165) is 21.5 Å². The zero-order valence-corrected chi connectivity index (χ0v) is 31.0. The monoisotopic (exact) mass is 826 g/mol. The maximum atomic E-state index is 14.2. The molecule has 0 saturated carbocycles. The van der Waals surface area contributed by atoms with E-state index < -0.39 is 93.0 Å². The Kier molecular flexibility index (Phi) is 17.1. The van der Waals surface area contributed by atoms with Crippen LogP contribution >= 0.6 is 38.7 Å². The first-order valence-corrected chi connectivity index (χ1v) is 20.0. The highest BCUT2D eigenvalue weighted by atomic mass is 35.5. The summed E-state index contributed by atoms with van der Waals surface area (Å²) < 4.78 is 55.7. The first kappa shape index (κ1) is 44.4. The standard InChI is InChI=1S/C27H42Cl2N4O17P2/c1-30(12-4-2-10-28)52(45,46-16-19-7-9-22(48-19)33(40)41)50-27-25(37)23(35)24(36)26(49-27)20(34)15-17(14-18-6-8-21(47-18)32(38)39)31(51(42,43)44)13-5-3-11-29/h6-9,17,20,23-27,34-37H,2-5,10-16H2,1H3,(H2,42,43,44)/t17?,20?,23-,24-,25-,26+,27-,52?/m0/s1. The molecule has 0 bridgehead atoms. The second-order valence-corrected chi connectivity index (χ2v) is 16.2. The predicted octanol–water partition coefficient (Wildman–Crippen LogP) is 2.86. The fourth-order valence-corrected chi connectivity index (χ4v) is 8.20. The molecule has 0 aliphatic carbocycles. The van der Waals surface area contributed by atoms with Crippen LogP contribution in [0.4, 0.5) is 11.8 Å². The molecule has 2 aromatic heterocycles. The van der Waals surface area contributed by atoms with Gasteiger partial charge in [0.1, 0.15) is 52.4 Å². The van der Waals surface area contributed by atoms with Gasteiger partial charge in [0.2, 0.25) is 0 Å². The van der Waals surface area contributed by atoms with Gasteiger partial charge in [-0.2, -0.15) is 0 Å². The number of hydrogen-bond acceptors (Lipinski definition) is 15. The Morgan fingerprint density at radius 2 is 1.44 bits per heavy atom. The minimum atomic E-state index is -5.08. The van der Waals surface area contributed by atoms with Gasteiger partial charge >= 0.3 is 27.3 Å². The molecule has 1 saturated heterocycles. The van der Waals surface area contributed by atoms with E-state index in [1.165, 1.54) is 19.2 Å². The molecule has 0 amide bonds. The highest BCUT2D eigenvalue weighted by Gasteiger charge is 2.51. The lowest BCUT2D eigenvalue weighted by atomic mass is 9.91. The topological polar surface area (TPSA) is 302 Å². The number of rotatable bonds is 23. The molecule has 3 heterocycles. The number of furan rings is 2. The van der Waals surface area contributed by atoms with Crippen LogP contribution in [-0.2, 0) is 35.9 Å². The van der Waals surface area contributed by atoms with Gasteiger partial charge in [0.25, 0.3) is 0 Å². The molecular weight excluding hydrogens is 785 g/mol. The van der Waals surface area contributed by atoms with E-state index in [1.54, 1.807) is 0 Å². The Balaban J connectivity index is 1.90. The van der Waals surface area contributed by atoms with Gasteiger partial charge in [-0.15, -0.1) is 23.2 Å². The molecule has 1 fully saturated rings. The first-order chi connectivity index (χ1) is 24.4. The lowest BCUT2D eigenvalue weighted by Crippen LogP contribution is -2.61. The summed E-state index contributed by atoms with van der Waals surface area (Å²) in [7, 11) is -8.31. The van der Waals surface area contributed by atoms with Crippen LogP contribution in [0.1, 0.15) is 43.6 Å². The van der Waals surface area contributed by atoms with Crippen molar-refractivity contribution in [1.29, 1.82) is 0 Å². The largest absolute Gasteiger partial charge is 0.433 e. The minimum absolute atomic E-state index is 0.0525. The summed E-state index contributed by atoms with van der Waals surface area (Å²) in [6.07, 6.45) is -11.6. The normalized spacial score (nSPS) is 23.5. The van der Waals surface area contributed by atoms with E-state index in [4.69, 9.17) is 45.8 Å². The molecule has 1 aliphatic rings. The van der Waals surface area contributed by atoms with Crippen molar-refractivity contribution >= 4 is 50.5 Å². The summed E-state index contributed by atoms with van der Waals surface area (Å²) in [5, 5.41) is 66.1. The van der Waals surface area contributed by atoms with Crippen LogP contribution in [-0.4, -0.2) is 124 Å². The van der Waals surface area contributed by atoms with Gasteiger partial charge in [-0.3, -0.25) is 29.3 Å². The van der Waals surface area contributed by atoms with Crippen LogP contribution in [0.3, 0.4) is 0 Å². The van der Waals surface area contributed by atoms with Gasteiger partial charge in [-0.25, -0.2) is 18.5 Å². The summed E-state index contributed by atoms with van der Waals surface area (Å²) in [6.45, 7) is -0.815. The second-order valence-electron chi connectivity index (χ2n) is 11.8. The summed E-state index contributed by atoms with van der Waals surface area (Å²) in [5.41, 5.74) is 0. The van der Waals surface area contributed by atoms with Crippen molar-refractivity contribution in [3.63, 3.8) is 0 Å². The van der Waals surface area contributed by atoms with Crippen molar-refractivity contribution in [2.24, 2.45) is 0 Å². The molecule has 3 unspecified atom stereocenters. The van der Waals surface area contributed by atoms with E-state index in [9.17, 15) is 59.6 Å². The molecule has 0 aromatic carbocycles. The Labute approximate surface area is 307 Å². The molecule has 2 aromatic rings. The predicted molar refractivity (Wildman–Crippen MR) is 180 cm³/mol. The van der Waals surface area contributed by atoms with Crippen LogP contribution in [0.15, 0.2) is 33.1 Å². The average Bonchev–Trinajstić information content (AvgIpc) is 3.76. The van der Waals surface area contributed by atoms with E-state index in [1.807, 2.05) is 0 Å². The molecule has 25 heteroatoms. The lowest BCUT2D eigenvalue weighted by Gasteiger charge is -2.44. The van der Waals surface area contributed by atoms with Crippen molar-refractivity contribution in [3.8, 4) is 0 Å². The van der Waals surface area contributed by atoms with Gasteiger partial charge < -0.3 is 43.8 Å². The number of hydrogen-bond donors (Lipinski definition) is 6. The SMILES string of the molecule is CN(CCCCCl)P(=O)(OCc1ccc([N+](=O)[O-])o1)O[C@@H]1O[C@H](C(O)CC(Cc2ccc([N+](=O)[O-])o2)N(CCCCCl)P(=O)(O)O)[C@@H](O)[C@H](O)[C@@H]1O. The molecule has 52 heavy (non-hydrogen) atoms. The molecule has 0 radical (unpaired) electrons. The number of nitro groups is 2. The van der Waals surface area contributed by atoms with E-state index in [0.29, 0.717) is 19.3 Å². The average molecular weight is 827 g/mol. The molecule has 296 valence electrons.